The number of para-hydroxylation sites is 1. The number of nitriles is 1. The van der Waals surface area contributed by atoms with Gasteiger partial charge >= 0.3 is 0 Å². The fraction of sp³-hybridized carbons (Fsp3) is 0.0526. The Hall–Kier alpha value is -3.21. The van der Waals surface area contributed by atoms with Gasteiger partial charge in [-0.3, -0.25) is 14.9 Å². The molecule has 27 heavy (non-hydrogen) atoms. The number of hydrogen-bond acceptors (Lipinski definition) is 5. The van der Waals surface area contributed by atoms with Gasteiger partial charge in [-0.2, -0.15) is 5.26 Å². The Morgan fingerprint density at radius 3 is 2.52 bits per heavy atom. The van der Waals surface area contributed by atoms with E-state index in [-0.39, 0.29) is 11.8 Å². The predicted octanol–water partition coefficient (Wildman–Crippen LogP) is 4.48. The number of carbonyl (C=O) groups excluding carboxylic acids is 2. The zero-order valence-electron chi connectivity index (χ0n) is 14.1. The fourth-order valence-corrected chi connectivity index (χ4v) is 3.24. The normalized spacial score (nSPS) is 10.1. The number of amides is 2. The summed E-state index contributed by atoms with van der Waals surface area (Å²) in [7, 11) is 0. The highest BCUT2D eigenvalue weighted by Crippen LogP contribution is 2.27. The van der Waals surface area contributed by atoms with Gasteiger partial charge in [0.2, 0.25) is 0 Å². The second kappa shape index (κ2) is 7.99. The highest BCUT2D eigenvalue weighted by Gasteiger charge is 2.15. The minimum atomic E-state index is -0.372. The molecular formula is C19H13ClN4O2S. The van der Waals surface area contributed by atoms with Crippen molar-refractivity contribution in [2.45, 2.75) is 6.92 Å². The van der Waals surface area contributed by atoms with E-state index in [4.69, 9.17) is 16.9 Å². The first kappa shape index (κ1) is 18.6. The predicted molar refractivity (Wildman–Crippen MR) is 105 cm³/mol. The Bertz CT molecular complexity index is 1030. The van der Waals surface area contributed by atoms with Crippen LogP contribution < -0.4 is 10.6 Å². The molecule has 0 fully saturated rings. The Morgan fingerprint density at radius 2 is 1.85 bits per heavy atom. The van der Waals surface area contributed by atoms with Crippen LogP contribution in [0.15, 0.2) is 48.7 Å². The van der Waals surface area contributed by atoms with Gasteiger partial charge in [-0.15, -0.1) is 0 Å². The van der Waals surface area contributed by atoms with Gasteiger partial charge in [0.25, 0.3) is 11.8 Å². The molecule has 0 bridgehead atoms. The number of aryl methyl sites for hydroxylation is 1. The van der Waals surface area contributed by atoms with Gasteiger partial charge in [0.05, 0.1) is 28.5 Å². The summed E-state index contributed by atoms with van der Waals surface area (Å²) >= 11 is 7.17. The van der Waals surface area contributed by atoms with Crippen LogP contribution in [0.3, 0.4) is 0 Å². The van der Waals surface area contributed by atoms with Crippen LogP contribution in [0.4, 0.5) is 10.8 Å². The van der Waals surface area contributed by atoms with Crippen molar-refractivity contribution in [3.8, 4) is 6.07 Å². The number of halogens is 1. The number of anilines is 2. The van der Waals surface area contributed by atoms with Gasteiger partial charge in [0, 0.05) is 5.56 Å². The van der Waals surface area contributed by atoms with Crippen LogP contribution in [0.1, 0.15) is 31.2 Å². The summed E-state index contributed by atoms with van der Waals surface area (Å²) < 4.78 is 0. The lowest BCUT2D eigenvalue weighted by atomic mass is 10.1. The molecule has 1 aromatic heterocycles. The quantitative estimate of drug-likeness (QED) is 0.679. The van der Waals surface area contributed by atoms with E-state index < -0.39 is 0 Å². The molecule has 0 radical (unpaired) electrons. The molecular weight excluding hydrogens is 384 g/mol. The maximum Gasteiger partial charge on any atom is 0.267 e. The number of nitrogens with zero attached hydrogens (tertiary/aromatic N) is 2. The van der Waals surface area contributed by atoms with Gasteiger partial charge in [-0.25, -0.2) is 4.98 Å². The van der Waals surface area contributed by atoms with E-state index in [2.05, 4.69) is 15.6 Å². The fourth-order valence-electron chi connectivity index (χ4n) is 2.27. The van der Waals surface area contributed by atoms with Gasteiger partial charge < -0.3 is 5.32 Å². The number of hydrogen-bond donors (Lipinski definition) is 2. The molecule has 0 aliphatic heterocycles. The van der Waals surface area contributed by atoms with E-state index in [9.17, 15) is 9.59 Å². The van der Waals surface area contributed by atoms with Crippen molar-refractivity contribution in [1.29, 1.82) is 5.26 Å². The van der Waals surface area contributed by atoms with Crippen molar-refractivity contribution >= 4 is 45.6 Å². The molecule has 0 aliphatic rings. The molecule has 6 nitrogen and oxygen atoms in total. The van der Waals surface area contributed by atoms with Gasteiger partial charge in [0.15, 0.2) is 5.13 Å². The molecule has 0 atom stereocenters. The first-order chi connectivity index (χ1) is 13.0. The van der Waals surface area contributed by atoms with Crippen LogP contribution in [0.5, 0.6) is 0 Å². The Balaban J connectivity index is 1.69. The summed E-state index contributed by atoms with van der Waals surface area (Å²) in [6.45, 7) is 1.84. The topological polar surface area (TPSA) is 94.9 Å². The molecule has 2 N–H and O–H groups in total. The van der Waals surface area contributed by atoms with E-state index in [0.29, 0.717) is 31.8 Å². The van der Waals surface area contributed by atoms with Crippen LogP contribution in [-0.4, -0.2) is 16.8 Å². The van der Waals surface area contributed by atoms with Gasteiger partial charge in [-0.05, 0) is 42.8 Å². The lowest BCUT2D eigenvalue weighted by Crippen LogP contribution is -2.12. The molecule has 0 spiro atoms. The molecule has 0 saturated heterocycles. The van der Waals surface area contributed by atoms with Crippen molar-refractivity contribution in [3.63, 3.8) is 0 Å². The summed E-state index contributed by atoms with van der Waals surface area (Å²) in [5, 5.41) is 14.9. The van der Waals surface area contributed by atoms with Crippen molar-refractivity contribution in [1.82, 2.24) is 4.98 Å². The molecule has 0 saturated carbocycles. The summed E-state index contributed by atoms with van der Waals surface area (Å²) in [5.41, 5.74) is 2.24. The average Bonchev–Trinajstić information content (AvgIpc) is 3.13. The third kappa shape index (κ3) is 4.31. The third-order valence-corrected chi connectivity index (χ3v) is 4.91. The van der Waals surface area contributed by atoms with E-state index in [1.165, 1.54) is 6.20 Å². The Kier molecular flexibility index (Phi) is 5.50. The summed E-state index contributed by atoms with van der Waals surface area (Å²) in [6.07, 6.45) is 1.39. The molecule has 0 aliphatic carbocycles. The van der Waals surface area contributed by atoms with Crippen LogP contribution in [0.2, 0.25) is 5.02 Å². The Labute approximate surface area is 164 Å². The summed E-state index contributed by atoms with van der Waals surface area (Å²) in [4.78, 5) is 29.0. The second-order valence-electron chi connectivity index (χ2n) is 5.56. The number of aromatic nitrogens is 1. The molecule has 3 aromatic rings. The average molecular weight is 397 g/mol. The maximum absolute atomic E-state index is 12.4. The summed E-state index contributed by atoms with van der Waals surface area (Å²) in [5.74, 6) is -0.731. The number of rotatable bonds is 4. The highest BCUT2D eigenvalue weighted by atomic mass is 35.5. The highest BCUT2D eigenvalue weighted by molar-refractivity contribution is 7.17. The zero-order chi connectivity index (χ0) is 19.4. The maximum atomic E-state index is 12.4. The van der Waals surface area contributed by atoms with Crippen LogP contribution >= 0.6 is 22.9 Å². The SMILES string of the molecule is Cc1cccc(Cl)c1NC(=O)c1cnc(NC(=O)c2ccc(C#N)cc2)s1. The largest absolute Gasteiger partial charge is 0.320 e. The van der Waals surface area contributed by atoms with Crippen LogP contribution in [0, 0.1) is 18.3 Å². The van der Waals surface area contributed by atoms with Crippen LogP contribution in [0.25, 0.3) is 0 Å². The van der Waals surface area contributed by atoms with E-state index in [0.717, 1.165) is 16.9 Å². The standard InChI is InChI=1S/C19H13ClN4O2S/c1-11-3-2-4-14(20)16(11)23-18(26)15-10-22-19(27-15)24-17(25)13-7-5-12(9-21)6-8-13/h2-8,10H,1H3,(H,23,26)(H,22,24,25). The number of benzene rings is 2. The van der Waals surface area contributed by atoms with Gasteiger partial charge in [0.1, 0.15) is 4.88 Å². The minimum absolute atomic E-state index is 0.297. The molecule has 134 valence electrons. The number of carbonyl (C=O) groups is 2. The van der Waals surface area contributed by atoms with Crippen molar-refractivity contribution in [2.24, 2.45) is 0 Å². The van der Waals surface area contributed by atoms with E-state index in [1.807, 2.05) is 19.1 Å². The molecule has 2 aromatic carbocycles. The molecule has 2 amide bonds. The van der Waals surface area contributed by atoms with E-state index >= 15 is 0 Å². The smallest absolute Gasteiger partial charge is 0.267 e. The molecule has 3 rings (SSSR count). The Morgan fingerprint density at radius 1 is 1.11 bits per heavy atom. The van der Waals surface area contributed by atoms with Crippen LogP contribution in [-0.2, 0) is 0 Å². The van der Waals surface area contributed by atoms with Gasteiger partial charge in [-0.1, -0.05) is 35.1 Å². The second-order valence-corrected chi connectivity index (χ2v) is 7.00. The molecule has 0 unspecified atom stereocenters. The van der Waals surface area contributed by atoms with E-state index in [1.54, 1.807) is 36.4 Å². The van der Waals surface area contributed by atoms with Crippen molar-refractivity contribution in [2.75, 3.05) is 10.6 Å². The third-order valence-electron chi connectivity index (χ3n) is 3.69. The molecule has 8 heteroatoms. The van der Waals surface area contributed by atoms with Crippen molar-refractivity contribution in [3.05, 3.63) is 75.3 Å². The molecule has 1 heterocycles. The minimum Gasteiger partial charge on any atom is -0.320 e. The number of nitrogens with one attached hydrogen (secondary N) is 2. The first-order valence-electron chi connectivity index (χ1n) is 7.81. The lowest BCUT2D eigenvalue weighted by molar-refractivity contribution is 0.102. The monoisotopic (exact) mass is 396 g/mol. The first-order valence-corrected chi connectivity index (χ1v) is 9.01. The van der Waals surface area contributed by atoms with Crippen molar-refractivity contribution < 1.29 is 9.59 Å². The zero-order valence-corrected chi connectivity index (χ0v) is 15.7. The number of thiazole rings is 1. The lowest BCUT2D eigenvalue weighted by Gasteiger charge is -2.08. The summed E-state index contributed by atoms with van der Waals surface area (Å²) in [6, 6.07) is 13.5.